The molecular weight excluding hydrogens is 290 g/mol. The van der Waals surface area contributed by atoms with E-state index in [-0.39, 0.29) is 5.69 Å². The topological polar surface area (TPSA) is 17.8 Å². The third-order valence-electron chi connectivity index (χ3n) is 2.50. The normalized spacial score (nSPS) is 11.8. The van der Waals surface area contributed by atoms with E-state index in [0.29, 0.717) is 10.4 Å². The molecule has 2 nitrogen and oxygen atoms in total. The van der Waals surface area contributed by atoms with Gasteiger partial charge in [-0.2, -0.15) is 8.78 Å². The van der Waals surface area contributed by atoms with E-state index in [1.165, 1.54) is 0 Å². The highest BCUT2D eigenvalue weighted by molar-refractivity contribution is 9.10. The quantitative estimate of drug-likeness (QED) is 0.821. The number of rotatable bonds is 2. The summed E-state index contributed by atoms with van der Waals surface area (Å²) in [6.07, 6.45) is 0. The number of imidazole rings is 1. The molecule has 90 valence electrons. The molecule has 0 aliphatic rings. The average Bonchev–Trinajstić information content (AvgIpc) is 2.57. The maximum atomic E-state index is 13.5. The largest absolute Gasteiger partial charge is 0.321 e. The number of hydrogen-bond donors (Lipinski definition) is 0. The van der Waals surface area contributed by atoms with E-state index in [4.69, 9.17) is 0 Å². The first-order valence-electron chi connectivity index (χ1n) is 5.07. The van der Waals surface area contributed by atoms with Gasteiger partial charge < -0.3 is 4.57 Å². The van der Waals surface area contributed by atoms with Crippen molar-refractivity contribution in [3.63, 3.8) is 0 Å². The molecule has 1 aromatic carbocycles. The zero-order valence-corrected chi connectivity index (χ0v) is 11.0. The molecule has 0 amide bonds. The van der Waals surface area contributed by atoms with Gasteiger partial charge in [0.15, 0.2) is 4.73 Å². The first kappa shape index (κ1) is 12.2. The Hall–Kier alpha value is -1.23. The second kappa shape index (κ2) is 4.22. The highest BCUT2D eigenvalue weighted by atomic mass is 79.9. The van der Waals surface area contributed by atoms with Crippen LogP contribution in [0.4, 0.5) is 8.78 Å². The van der Waals surface area contributed by atoms with Gasteiger partial charge in [-0.1, -0.05) is 30.3 Å². The van der Waals surface area contributed by atoms with E-state index >= 15 is 0 Å². The molecule has 0 aliphatic heterocycles. The van der Waals surface area contributed by atoms with Crippen LogP contribution in [0.3, 0.4) is 0 Å². The summed E-state index contributed by atoms with van der Waals surface area (Å²) in [5.41, 5.74) is 0.952. The standard InChI is InChI=1S/C12H11BrF2N2/c1-12(14,15)10-9(17(2)11(13)16-10)8-6-4-3-5-7-8/h3-7H,1-2H3. The summed E-state index contributed by atoms with van der Waals surface area (Å²) in [6, 6.07) is 9.05. The number of nitrogens with zero attached hydrogens (tertiary/aromatic N) is 2. The summed E-state index contributed by atoms with van der Waals surface area (Å²) in [6.45, 7) is 0.855. The number of benzene rings is 1. The molecule has 0 bridgehead atoms. The van der Waals surface area contributed by atoms with Gasteiger partial charge in [-0.3, -0.25) is 0 Å². The van der Waals surface area contributed by atoms with Crippen LogP contribution in [0.15, 0.2) is 35.1 Å². The first-order chi connectivity index (χ1) is 7.91. The summed E-state index contributed by atoms with van der Waals surface area (Å²) in [7, 11) is 1.70. The third kappa shape index (κ3) is 2.24. The summed E-state index contributed by atoms with van der Waals surface area (Å²) >= 11 is 3.18. The molecule has 5 heteroatoms. The summed E-state index contributed by atoms with van der Waals surface area (Å²) in [4.78, 5) is 3.89. The second-order valence-electron chi connectivity index (χ2n) is 3.89. The smallest absolute Gasteiger partial charge is 0.289 e. The Labute approximate surface area is 106 Å². The maximum absolute atomic E-state index is 13.5. The zero-order valence-electron chi connectivity index (χ0n) is 9.42. The molecule has 0 spiro atoms. The minimum absolute atomic E-state index is 0.210. The number of aromatic nitrogens is 2. The lowest BCUT2D eigenvalue weighted by Crippen LogP contribution is -2.10. The summed E-state index contributed by atoms with van der Waals surface area (Å²) < 4.78 is 29.0. The SMILES string of the molecule is Cn1c(Br)nc(C(C)(F)F)c1-c1ccccc1. The van der Waals surface area contributed by atoms with Crippen LogP contribution in [0.1, 0.15) is 12.6 Å². The van der Waals surface area contributed by atoms with Gasteiger partial charge in [-0.15, -0.1) is 0 Å². The monoisotopic (exact) mass is 300 g/mol. The molecule has 2 rings (SSSR count). The Balaban J connectivity index is 2.69. The second-order valence-corrected chi connectivity index (χ2v) is 4.60. The first-order valence-corrected chi connectivity index (χ1v) is 5.86. The van der Waals surface area contributed by atoms with Crippen molar-refractivity contribution in [1.29, 1.82) is 0 Å². The average molecular weight is 301 g/mol. The molecule has 0 radical (unpaired) electrons. The fourth-order valence-electron chi connectivity index (χ4n) is 1.70. The zero-order chi connectivity index (χ0) is 12.6. The summed E-state index contributed by atoms with van der Waals surface area (Å²) in [5, 5.41) is 0. The Morgan fingerprint density at radius 1 is 1.24 bits per heavy atom. The third-order valence-corrected chi connectivity index (χ3v) is 3.21. The lowest BCUT2D eigenvalue weighted by molar-refractivity contribution is 0.0137. The highest BCUT2D eigenvalue weighted by Gasteiger charge is 2.33. The van der Waals surface area contributed by atoms with Crippen LogP contribution in [0.5, 0.6) is 0 Å². The van der Waals surface area contributed by atoms with Crippen LogP contribution in [-0.2, 0) is 13.0 Å². The van der Waals surface area contributed by atoms with E-state index in [1.54, 1.807) is 23.7 Å². The van der Waals surface area contributed by atoms with E-state index < -0.39 is 5.92 Å². The van der Waals surface area contributed by atoms with Gasteiger partial charge in [-0.05, 0) is 15.9 Å². The molecule has 0 aliphatic carbocycles. The van der Waals surface area contributed by atoms with Crippen molar-refractivity contribution < 1.29 is 8.78 Å². The van der Waals surface area contributed by atoms with E-state index in [9.17, 15) is 8.78 Å². The van der Waals surface area contributed by atoms with Crippen molar-refractivity contribution in [3.8, 4) is 11.3 Å². The Morgan fingerprint density at radius 3 is 2.35 bits per heavy atom. The molecule has 17 heavy (non-hydrogen) atoms. The van der Waals surface area contributed by atoms with Crippen molar-refractivity contribution in [1.82, 2.24) is 9.55 Å². The maximum Gasteiger partial charge on any atom is 0.289 e. The van der Waals surface area contributed by atoms with E-state index in [2.05, 4.69) is 20.9 Å². The summed E-state index contributed by atoms with van der Waals surface area (Å²) in [5.74, 6) is -2.96. The van der Waals surface area contributed by atoms with Gasteiger partial charge in [0.2, 0.25) is 0 Å². The van der Waals surface area contributed by atoms with Gasteiger partial charge in [0, 0.05) is 19.5 Å². The van der Waals surface area contributed by atoms with Gasteiger partial charge >= 0.3 is 0 Å². The lowest BCUT2D eigenvalue weighted by Gasteiger charge is -2.11. The van der Waals surface area contributed by atoms with Crippen LogP contribution in [-0.4, -0.2) is 9.55 Å². The van der Waals surface area contributed by atoms with Gasteiger partial charge in [-0.25, -0.2) is 4.98 Å². The van der Waals surface area contributed by atoms with Gasteiger partial charge in [0.1, 0.15) is 5.69 Å². The van der Waals surface area contributed by atoms with Crippen molar-refractivity contribution >= 4 is 15.9 Å². The Morgan fingerprint density at radius 2 is 1.82 bits per heavy atom. The minimum Gasteiger partial charge on any atom is -0.321 e. The van der Waals surface area contributed by atoms with Gasteiger partial charge in [0.25, 0.3) is 5.92 Å². The van der Waals surface area contributed by atoms with E-state index in [1.807, 2.05) is 18.2 Å². The van der Waals surface area contributed by atoms with Crippen molar-refractivity contribution in [2.24, 2.45) is 7.05 Å². The number of hydrogen-bond acceptors (Lipinski definition) is 1. The minimum atomic E-state index is -2.96. The van der Waals surface area contributed by atoms with E-state index in [0.717, 1.165) is 12.5 Å². The fraction of sp³-hybridized carbons (Fsp3) is 0.250. The van der Waals surface area contributed by atoms with Crippen LogP contribution in [0.2, 0.25) is 0 Å². The molecular formula is C12H11BrF2N2. The highest BCUT2D eigenvalue weighted by Crippen LogP contribution is 2.36. The lowest BCUT2D eigenvalue weighted by atomic mass is 10.1. The molecule has 0 N–H and O–H groups in total. The van der Waals surface area contributed by atoms with Crippen LogP contribution in [0, 0.1) is 0 Å². The van der Waals surface area contributed by atoms with Crippen LogP contribution < -0.4 is 0 Å². The number of halogens is 3. The Kier molecular flexibility index (Phi) is 3.03. The number of alkyl halides is 2. The van der Waals surface area contributed by atoms with Gasteiger partial charge in [0.05, 0.1) is 5.69 Å². The molecule has 0 saturated heterocycles. The molecule has 1 aromatic heterocycles. The van der Waals surface area contributed by atoms with Crippen LogP contribution in [0.25, 0.3) is 11.3 Å². The fourth-order valence-corrected chi connectivity index (χ4v) is 2.06. The van der Waals surface area contributed by atoms with Crippen molar-refractivity contribution in [3.05, 3.63) is 40.8 Å². The Bertz CT molecular complexity index is 529. The van der Waals surface area contributed by atoms with Crippen LogP contribution >= 0.6 is 15.9 Å². The molecule has 0 unspecified atom stereocenters. The molecule has 0 saturated carbocycles. The predicted molar refractivity (Wildman–Crippen MR) is 65.9 cm³/mol. The van der Waals surface area contributed by atoms with Crippen molar-refractivity contribution in [2.75, 3.05) is 0 Å². The van der Waals surface area contributed by atoms with Crippen molar-refractivity contribution in [2.45, 2.75) is 12.8 Å². The molecule has 0 fully saturated rings. The molecule has 1 heterocycles. The molecule has 2 aromatic rings. The molecule has 0 atom stereocenters. The predicted octanol–water partition coefficient (Wildman–Crippen LogP) is 3.96.